The van der Waals surface area contributed by atoms with Gasteiger partial charge in [-0.3, -0.25) is 14.4 Å². The van der Waals surface area contributed by atoms with E-state index in [1.807, 2.05) is 44.2 Å². The number of benzene rings is 1. The monoisotopic (exact) mass is 614 g/mol. The largest absolute Gasteiger partial charge is 0.444 e. The maximum absolute atomic E-state index is 13.4. The first-order valence-electron chi connectivity index (χ1n) is 15.9. The molecule has 1 saturated carbocycles. The first kappa shape index (κ1) is 36.8. The Balaban J connectivity index is 2.11. The van der Waals surface area contributed by atoms with Crippen LogP contribution >= 0.6 is 0 Å². The maximum Gasteiger partial charge on any atom is 0.408 e. The normalized spacial score (nSPS) is 16.6. The van der Waals surface area contributed by atoms with Crippen molar-refractivity contribution in [3.63, 3.8) is 0 Å². The van der Waals surface area contributed by atoms with Gasteiger partial charge in [0.05, 0.1) is 12.1 Å². The van der Waals surface area contributed by atoms with Crippen LogP contribution in [0, 0.1) is 11.8 Å². The Hall–Kier alpha value is -3.40. The van der Waals surface area contributed by atoms with Crippen LogP contribution in [0.3, 0.4) is 0 Å². The van der Waals surface area contributed by atoms with Gasteiger partial charge in [0, 0.05) is 25.0 Å². The number of alkyl carbamates (subject to hydrolysis) is 1. The molecule has 2 rings (SSSR count). The lowest BCUT2D eigenvalue weighted by Crippen LogP contribution is -2.56. The molecular weight excluding hydrogens is 560 g/mol. The van der Waals surface area contributed by atoms with Crippen molar-refractivity contribution in [2.45, 2.75) is 123 Å². The van der Waals surface area contributed by atoms with Gasteiger partial charge in [0.15, 0.2) is 0 Å². The van der Waals surface area contributed by atoms with Crippen LogP contribution in [0.15, 0.2) is 42.5 Å². The number of amides is 4. The number of carbonyl (C=O) groups is 4. The average molecular weight is 615 g/mol. The summed E-state index contributed by atoms with van der Waals surface area (Å²) in [5.74, 6) is -0.711. The van der Waals surface area contributed by atoms with Gasteiger partial charge < -0.3 is 31.1 Å². The van der Waals surface area contributed by atoms with Crippen LogP contribution in [0.5, 0.6) is 0 Å². The molecule has 0 aliphatic heterocycles. The molecule has 0 aromatic heterocycles. The molecule has 1 aromatic carbocycles. The smallest absolute Gasteiger partial charge is 0.408 e. The van der Waals surface area contributed by atoms with Crippen molar-refractivity contribution >= 4 is 23.8 Å². The highest BCUT2D eigenvalue weighted by Gasteiger charge is 2.31. The third kappa shape index (κ3) is 13.9. The fourth-order valence-corrected chi connectivity index (χ4v) is 5.20. The SMILES string of the molecule is C=C(C[C@H](O)[C@H](CC1CCCCC1)NC(=O)C(C)NC(=O)[C@H](Cc1ccccc1)NC(=O)OC(C)(C)C)C(=O)NCC(C)C. The molecule has 1 aliphatic carbocycles. The molecule has 0 spiro atoms. The molecule has 0 saturated heterocycles. The zero-order valence-electron chi connectivity index (χ0n) is 27.4. The van der Waals surface area contributed by atoms with E-state index in [2.05, 4.69) is 27.8 Å². The number of ether oxygens (including phenoxy) is 1. The summed E-state index contributed by atoms with van der Waals surface area (Å²) in [4.78, 5) is 51.8. The molecule has 1 fully saturated rings. The van der Waals surface area contributed by atoms with E-state index in [4.69, 9.17) is 4.74 Å². The minimum Gasteiger partial charge on any atom is -0.444 e. The summed E-state index contributed by atoms with van der Waals surface area (Å²) in [6.45, 7) is 15.1. The molecule has 5 N–H and O–H groups in total. The average Bonchev–Trinajstić information content (AvgIpc) is 2.95. The first-order chi connectivity index (χ1) is 20.6. The second-order valence-corrected chi connectivity index (χ2v) is 13.5. The van der Waals surface area contributed by atoms with E-state index < -0.39 is 47.7 Å². The van der Waals surface area contributed by atoms with E-state index >= 15 is 0 Å². The molecule has 246 valence electrons. The maximum atomic E-state index is 13.4. The summed E-state index contributed by atoms with van der Waals surface area (Å²) >= 11 is 0. The number of nitrogens with one attached hydrogen (secondary N) is 4. The molecule has 44 heavy (non-hydrogen) atoms. The van der Waals surface area contributed by atoms with Gasteiger partial charge in [-0.2, -0.15) is 0 Å². The van der Waals surface area contributed by atoms with Gasteiger partial charge in [-0.15, -0.1) is 0 Å². The topological polar surface area (TPSA) is 146 Å². The van der Waals surface area contributed by atoms with Gasteiger partial charge in [0.1, 0.15) is 17.7 Å². The molecule has 1 aliphatic rings. The first-order valence-corrected chi connectivity index (χ1v) is 15.9. The highest BCUT2D eigenvalue weighted by Crippen LogP contribution is 2.29. The fraction of sp³-hybridized carbons (Fsp3) is 0.647. The van der Waals surface area contributed by atoms with Crippen molar-refractivity contribution in [1.82, 2.24) is 21.3 Å². The van der Waals surface area contributed by atoms with Crippen molar-refractivity contribution in [3.05, 3.63) is 48.0 Å². The van der Waals surface area contributed by atoms with E-state index in [1.165, 1.54) is 6.42 Å². The molecule has 10 heteroatoms. The van der Waals surface area contributed by atoms with Crippen LogP contribution in [0.4, 0.5) is 4.79 Å². The second-order valence-electron chi connectivity index (χ2n) is 13.5. The van der Waals surface area contributed by atoms with Gasteiger partial charge in [0.2, 0.25) is 17.7 Å². The standard InChI is InChI=1S/C34H54N4O6/c1-22(2)21-35-30(40)23(3)18-29(39)27(19-25-14-10-8-11-15-25)37-31(41)24(4)36-32(42)28(20-26-16-12-9-13-17-26)38-33(43)44-34(5,6)7/h9,12-13,16-17,22,24-25,27-29,39H,3,8,10-11,14-15,18-21H2,1-2,4-7H3,(H,35,40)(H,36,42)(H,37,41)(H,38,43)/t24?,27-,28-,29-/m0/s1. The van der Waals surface area contributed by atoms with E-state index in [9.17, 15) is 24.3 Å². The molecule has 4 amide bonds. The Labute approximate surface area is 263 Å². The minimum atomic E-state index is -1.03. The van der Waals surface area contributed by atoms with Gasteiger partial charge in [-0.1, -0.05) is 82.9 Å². The summed E-state index contributed by atoms with van der Waals surface area (Å²) in [6, 6.07) is 6.67. The fourth-order valence-electron chi connectivity index (χ4n) is 5.20. The Bertz CT molecular complexity index is 1090. The zero-order chi connectivity index (χ0) is 32.9. The van der Waals surface area contributed by atoms with E-state index in [1.54, 1.807) is 27.7 Å². The van der Waals surface area contributed by atoms with Gasteiger partial charge in [0.25, 0.3) is 0 Å². The quantitative estimate of drug-likeness (QED) is 0.188. The predicted molar refractivity (Wildman–Crippen MR) is 172 cm³/mol. The van der Waals surface area contributed by atoms with E-state index in [-0.39, 0.29) is 30.2 Å². The van der Waals surface area contributed by atoms with Crippen LogP contribution in [0.2, 0.25) is 0 Å². The number of hydrogen-bond donors (Lipinski definition) is 5. The summed E-state index contributed by atoms with van der Waals surface area (Å²) in [5.41, 5.74) is 0.327. The van der Waals surface area contributed by atoms with E-state index in [0.29, 0.717) is 18.9 Å². The summed E-state index contributed by atoms with van der Waals surface area (Å²) in [7, 11) is 0. The molecule has 0 heterocycles. The second kappa shape index (κ2) is 17.8. The molecule has 1 unspecified atom stereocenters. The van der Waals surface area contributed by atoms with Crippen molar-refractivity contribution in [3.8, 4) is 0 Å². The highest BCUT2D eigenvalue weighted by molar-refractivity contribution is 5.93. The van der Waals surface area contributed by atoms with Crippen LogP contribution in [-0.2, 0) is 25.5 Å². The number of hydrogen-bond acceptors (Lipinski definition) is 6. The molecular formula is C34H54N4O6. The van der Waals surface area contributed by atoms with Crippen LogP contribution in [-0.4, -0.2) is 65.3 Å². The van der Waals surface area contributed by atoms with Crippen molar-refractivity contribution < 1.29 is 29.0 Å². The van der Waals surface area contributed by atoms with Crippen molar-refractivity contribution in [2.24, 2.45) is 11.8 Å². The Kier molecular flexibility index (Phi) is 14.9. The van der Waals surface area contributed by atoms with Crippen LogP contribution in [0.1, 0.15) is 92.1 Å². The van der Waals surface area contributed by atoms with Crippen LogP contribution in [0.25, 0.3) is 0 Å². The van der Waals surface area contributed by atoms with Gasteiger partial charge >= 0.3 is 6.09 Å². The summed E-state index contributed by atoms with van der Waals surface area (Å²) < 4.78 is 5.36. The third-order valence-electron chi connectivity index (χ3n) is 7.59. The number of aliphatic hydroxyl groups is 1. The van der Waals surface area contributed by atoms with E-state index in [0.717, 1.165) is 31.2 Å². The number of carbonyl (C=O) groups excluding carboxylic acids is 4. The Morgan fingerprint density at radius 2 is 1.59 bits per heavy atom. The molecule has 0 radical (unpaired) electrons. The van der Waals surface area contributed by atoms with Crippen molar-refractivity contribution in [1.29, 1.82) is 0 Å². The van der Waals surface area contributed by atoms with Crippen LogP contribution < -0.4 is 21.3 Å². The highest BCUT2D eigenvalue weighted by atomic mass is 16.6. The zero-order valence-corrected chi connectivity index (χ0v) is 27.4. The Morgan fingerprint density at radius 3 is 2.18 bits per heavy atom. The number of rotatable bonds is 15. The number of aliphatic hydroxyl groups excluding tert-OH is 1. The lowest BCUT2D eigenvalue weighted by Gasteiger charge is -2.31. The molecule has 0 bridgehead atoms. The molecule has 4 atom stereocenters. The summed E-state index contributed by atoms with van der Waals surface area (Å²) in [5, 5.41) is 22.3. The lowest BCUT2D eigenvalue weighted by molar-refractivity contribution is -0.130. The predicted octanol–water partition coefficient (Wildman–Crippen LogP) is 4.16. The third-order valence-corrected chi connectivity index (χ3v) is 7.59. The molecule has 1 aromatic rings. The summed E-state index contributed by atoms with van der Waals surface area (Å²) in [6.07, 6.45) is 4.42. The minimum absolute atomic E-state index is 0.0152. The van der Waals surface area contributed by atoms with Crippen molar-refractivity contribution in [2.75, 3.05) is 6.54 Å². The van der Waals surface area contributed by atoms with Gasteiger partial charge in [-0.25, -0.2) is 4.79 Å². The Morgan fingerprint density at radius 1 is 0.955 bits per heavy atom. The molecule has 10 nitrogen and oxygen atoms in total. The lowest BCUT2D eigenvalue weighted by atomic mass is 9.83. The van der Waals surface area contributed by atoms with Gasteiger partial charge in [-0.05, 0) is 51.5 Å².